The molecule has 0 bridgehead atoms. The highest BCUT2D eigenvalue weighted by Crippen LogP contribution is 2.35. The van der Waals surface area contributed by atoms with Crippen LogP contribution in [0.15, 0.2) is 71.6 Å². The summed E-state index contributed by atoms with van der Waals surface area (Å²) in [5.41, 5.74) is -0.0242. The Morgan fingerprint density at radius 1 is 1.03 bits per heavy atom. The Hall–Kier alpha value is -3.17. The largest absolute Gasteiger partial charge is 0.497 e. The molecule has 0 aliphatic heterocycles. The number of ether oxygens (including phenoxy) is 1. The molecule has 0 spiro atoms. The van der Waals surface area contributed by atoms with Gasteiger partial charge >= 0.3 is 6.18 Å². The Morgan fingerprint density at radius 3 is 2.37 bits per heavy atom. The van der Waals surface area contributed by atoms with Gasteiger partial charge in [0.2, 0.25) is 5.91 Å². The number of hydrogen-bond donors (Lipinski definition) is 2. The third kappa shape index (κ3) is 7.16. The van der Waals surface area contributed by atoms with Crippen molar-refractivity contribution in [2.75, 3.05) is 17.7 Å². The van der Waals surface area contributed by atoms with Crippen molar-refractivity contribution in [1.82, 2.24) is 0 Å². The lowest BCUT2D eigenvalue weighted by Gasteiger charge is -2.17. The summed E-state index contributed by atoms with van der Waals surface area (Å²) in [7, 11) is 1.54. The number of hydrogen-bond acceptors (Lipinski definition) is 4. The predicted molar refractivity (Wildman–Crippen MR) is 132 cm³/mol. The maximum absolute atomic E-state index is 13.0. The quantitative estimate of drug-likeness (QED) is 0.309. The van der Waals surface area contributed by atoms with Crippen molar-refractivity contribution in [3.05, 3.63) is 82.9 Å². The van der Waals surface area contributed by atoms with Crippen molar-refractivity contribution in [1.29, 1.82) is 0 Å². The minimum atomic E-state index is -4.56. The van der Waals surface area contributed by atoms with Crippen molar-refractivity contribution in [3.8, 4) is 5.75 Å². The standard InChI is InChI=1S/C25H22ClF3N2O3S/c1-3-22(24(33)31-21-13-16(25(27,28)29)9-12-20(21)26)35-19-6-4-5-17(14-19)30-23(32)15-7-10-18(34-2)11-8-15/h4-14,22H,3H2,1-2H3,(H,30,32)(H,31,33). The second-order valence-corrected chi connectivity index (χ2v) is 9.09. The fourth-order valence-corrected chi connectivity index (χ4v) is 4.27. The van der Waals surface area contributed by atoms with E-state index in [1.807, 2.05) is 0 Å². The van der Waals surface area contributed by atoms with Crippen LogP contribution in [0, 0.1) is 0 Å². The fraction of sp³-hybridized carbons (Fsp3) is 0.200. The summed E-state index contributed by atoms with van der Waals surface area (Å²) >= 11 is 7.23. The summed E-state index contributed by atoms with van der Waals surface area (Å²) in [5.74, 6) is -0.152. The van der Waals surface area contributed by atoms with Crippen molar-refractivity contribution >= 4 is 46.6 Å². The molecule has 0 aromatic heterocycles. The summed E-state index contributed by atoms with van der Waals surface area (Å²) < 4.78 is 44.2. The molecule has 3 aromatic carbocycles. The average molecular weight is 523 g/mol. The monoisotopic (exact) mass is 522 g/mol. The van der Waals surface area contributed by atoms with E-state index >= 15 is 0 Å². The fourth-order valence-electron chi connectivity index (χ4n) is 3.09. The molecule has 0 radical (unpaired) electrons. The van der Waals surface area contributed by atoms with E-state index in [9.17, 15) is 22.8 Å². The third-order valence-electron chi connectivity index (χ3n) is 4.94. The lowest BCUT2D eigenvalue weighted by atomic mass is 10.2. The number of nitrogens with one attached hydrogen (secondary N) is 2. The molecule has 184 valence electrons. The Bertz CT molecular complexity index is 1200. The van der Waals surface area contributed by atoms with Crippen LogP contribution in [-0.4, -0.2) is 24.2 Å². The first kappa shape index (κ1) is 26.4. The van der Waals surface area contributed by atoms with Gasteiger partial charge in [0.1, 0.15) is 5.75 Å². The van der Waals surface area contributed by atoms with Crippen LogP contribution >= 0.6 is 23.4 Å². The Balaban J connectivity index is 1.69. The molecule has 2 amide bonds. The first-order valence-corrected chi connectivity index (χ1v) is 11.8. The minimum Gasteiger partial charge on any atom is -0.497 e. The van der Waals surface area contributed by atoms with E-state index in [0.717, 1.165) is 18.2 Å². The molecule has 35 heavy (non-hydrogen) atoms. The van der Waals surface area contributed by atoms with Crippen LogP contribution in [0.5, 0.6) is 5.75 Å². The van der Waals surface area contributed by atoms with Crippen LogP contribution in [0.3, 0.4) is 0 Å². The molecule has 3 aromatic rings. The minimum absolute atomic E-state index is 0.00875. The molecule has 3 rings (SSSR count). The number of methoxy groups -OCH3 is 1. The molecule has 0 aliphatic rings. The Kier molecular flexibility index (Phi) is 8.69. The second kappa shape index (κ2) is 11.5. The van der Waals surface area contributed by atoms with E-state index in [1.165, 1.54) is 18.9 Å². The van der Waals surface area contributed by atoms with Crippen LogP contribution < -0.4 is 15.4 Å². The highest BCUT2D eigenvalue weighted by molar-refractivity contribution is 8.00. The zero-order chi connectivity index (χ0) is 25.6. The van der Waals surface area contributed by atoms with Crippen molar-refractivity contribution in [2.45, 2.75) is 29.7 Å². The topological polar surface area (TPSA) is 67.4 Å². The Labute approximate surface area is 210 Å². The lowest BCUT2D eigenvalue weighted by Crippen LogP contribution is -2.25. The maximum Gasteiger partial charge on any atom is 0.416 e. The summed E-state index contributed by atoms with van der Waals surface area (Å²) in [6.07, 6.45) is -4.14. The van der Waals surface area contributed by atoms with Crippen LogP contribution in [0.1, 0.15) is 29.3 Å². The normalized spacial score (nSPS) is 12.1. The number of anilines is 2. The molecule has 2 N–H and O–H groups in total. The van der Waals surface area contributed by atoms with Gasteiger partial charge in [-0.1, -0.05) is 24.6 Å². The van der Waals surface area contributed by atoms with E-state index in [1.54, 1.807) is 55.5 Å². The molecule has 0 fully saturated rings. The van der Waals surface area contributed by atoms with Crippen LogP contribution in [0.25, 0.3) is 0 Å². The second-order valence-electron chi connectivity index (χ2n) is 7.41. The number of rotatable bonds is 8. The molecule has 0 saturated heterocycles. The summed E-state index contributed by atoms with van der Waals surface area (Å²) in [5, 5.41) is 4.71. The zero-order valence-corrected chi connectivity index (χ0v) is 20.4. The van der Waals surface area contributed by atoms with Crippen LogP contribution in [0.2, 0.25) is 5.02 Å². The van der Waals surface area contributed by atoms with Gasteiger partial charge in [-0.05, 0) is 67.1 Å². The molecule has 0 heterocycles. The van der Waals surface area contributed by atoms with E-state index in [4.69, 9.17) is 16.3 Å². The van der Waals surface area contributed by atoms with Crippen LogP contribution in [0.4, 0.5) is 24.5 Å². The van der Waals surface area contributed by atoms with Gasteiger partial charge in [-0.15, -0.1) is 11.8 Å². The molecule has 1 unspecified atom stereocenters. The van der Waals surface area contributed by atoms with E-state index in [0.29, 0.717) is 28.3 Å². The predicted octanol–water partition coefficient (Wildman–Crippen LogP) is 7.13. The van der Waals surface area contributed by atoms with Gasteiger partial charge in [-0.3, -0.25) is 9.59 Å². The number of carbonyl (C=O) groups excluding carboxylic acids is 2. The first-order chi connectivity index (χ1) is 16.6. The van der Waals surface area contributed by atoms with Crippen molar-refractivity contribution in [2.24, 2.45) is 0 Å². The first-order valence-electron chi connectivity index (χ1n) is 10.5. The van der Waals surface area contributed by atoms with Gasteiger partial charge < -0.3 is 15.4 Å². The molecule has 10 heteroatoms. The van der Waals surface area contributed by atoms with Crippen LogP contribution in [-0.2, 0) is 11.0 Å². The number of benzene rings is 3. The Morgan fingerprint density at radius 2 is 1.74 bits per heavy atom. The number of thioether (sulfide) groups is 1. The molecule has 0 saturated carbocycles. The van der Waals surface area contributed by atoms with Crippen molar-refractivity contribution < 1.29 is 27.5 Å². The van der Waals surface area contributed by atoms with Gasteiger partial charge in [-0.2, -0.15) is 13.2 Å². The summed E-state index contributed by atoms with van der Waals surface area (Å²) in [6.45, 7) is 1.79. The highest BCUT2D eigenvalue weighted by atomic mass is 35.5. The van der Waals surface area contributed by atoms with Gasteiger partial charge in [0, 0.05) is 16.1 Å². The average Bonchev–Trinajstić information content (AvgIpc) is 2.83. The van der Waals surface area contributed by atoms with Gasteiger partial charge in [0.25, 0.3) is 5.91 Å². The van der Waals surface area contributed by atoms with E-state index < -0.39 is 22.9 Å². The number of alkyl halides is 3. The number of halogens is 4. The van der Waals surface area contributed by atoms with Gasteiger partial charge in [0.05, 0.1) is 28.6 Å². The highest BCUT2D eigenvalue weighted by Gasteiger charge is 2.31. The lowest BCUT2D eigenvalue weighted by molar-refractivity contribution is -0.137. The molecule has 0 aliphatic carbocycles. The smallest absolute Gasteiger partial charge is 0.416 e. The number of carbonyl (C=O) groups is 2. The summed E-state index contributed by atoms with van der Waals surface area (Å²) in [4.78, 5) is 26.0. The molecule has 1 atom stereocenters. The van der Waals surface area contributed by atoms with Crippen molar-refractivity contribution in [3.63, 3.8) is 0 Å². The molecular weight excluding hydrogens is 501 g/mol. The number of amides is 2. The summed E-state index contributed by atoms with van der Waals surface area (Å²) in [6, 6.07) is 16.4. The maximum atomic E-state index is 13.0. The van der Waals surface area contributed by atoms with Gasteiger partial charge in [-0.25, -0.2) is 0 Å². The van der Waals surface area contributed by atoms with Gasteiger partial charge in [0.15, 0.2) is 0 Å². The van der Waals surface area contributed by atoms with E-state index in [-0.39, 0.29) is 16.6 Å². The van der Waals surface area contributed by atoms with E-state index in [2.05, 4.69) is 10.6 Å². The zero-order valence-electron chi connectivity index (χ0n) is 18.8. The SMILES string of the molecule is CCC(Sc1cccc(NC(=O)c2ccc(OC)cc2)c1)C(=O)Nc1cc(C(F)(F)F)ccc1Cl. The molecular formula is C25H22ClF3N2O3S. The third-order valence-corrected chi connectivity index (χ3v) is 6.62. The molecule has 5 nitrogen and oxygen atoms in total.